The van der Waals surface area contributed by atoms with Crippen molar-refractivity contribution in [2.24, 2.45) is 0 Å². The second-order valence-corrected chi connectivity index (χ2v) is 18.3. The van der Waals surface area contributed by atoms with Crippen LogP contribution in [0.2, 0.25) is 0 Å². The van der Waals surface area contributed by atoms with Crippen LogP contribution in [-0.2, 0) is 14.3 Å². The number of carbonyl (C=O) groups excluding carboxylic acids is 2. The molecule has 0 heterocycles. The van der Waals surface area contributed by atoms with Gasteiger partial charge in [0.2, 0.25) is 5.91 Å². The molecule has 6 heteroatoms. The Hall–Kier alpha value is -1.66. The molecule has 0 aromatic rings. The Morgan fingerprint density at radius 3 is 1.30 bits per heavy atom. The Morgan fingerprint density at radius 2 is 0.850 bits per heavy atom. The molecule has 3 unspecified atom stereocenters. The van der Waals surface area contributed by atoms with Crippen LogP contribution in [0.5, 0.6) is 0 Å². The monoisotopic (exact) mass is 846 g/mol. The number of amides is 1. The Labute approximate surface area is 373 Å². The molecular weight excluding hydrogens is 743 g/mol. The molecule has 0 bridgehead atoms. The highest BCUT2D eigenvalue weighted by atomic mass is 16.5. The Bertz CT molecular complexity index is 950. The number of esters is 1. The van der Waals surface area contributed by atoms with E-state index in [0.29, 0.717) is 19.3 Å². The average molecular weight is 846 g/mol. The molecule has 60 heavy (non-hydrogen) atoms. The number of unbranched alkanes of at least 4 members (excludes halogenated alkanes) is 32. The first-order valence-electron chi connectivity index (χ1n) is 26.6. The predicted octanol–water partition coefficient (Wildman–Crippen LogP) is 15.9. The number of aliphatic hydroxyl groups excluding tert-OH is 2. The van der Waals surface area contributed by atoms with Crippen LogP contribution < -0.4 is 5.32 Å². The minimum absolute atomic E-state index is 0.0813. The minimum Gasteiger partial charge on any atom is -0.462 e. The fourth-order valence-electron chi connectivity index (χ4n) is 8.23. The zero-order valence-corrected chi connectivity index (χ0v) is 40.4. The van der Waals surface area contributed by atoms with Gasteiger partial charge in [0.05, 0.1) is 25.2 Å². The van der Waals surface area contributed by atoms with Crippen molar-refractivity contribution in [2.75, 3.05) is 6.61 Å². The molecule has 354 valence electrons. The van der Waals surface area contributed by atoms with E-state index in [9.17, 15) is 19.8 Å². The summed E-state index contributed by atoms with van der Waals surface area (Å²) in [6.07, 6.45) is 55.2. The van der Waals surface area contributed by atoms with E-state index >= 15 is 0 Å². The van der Waals surface area contributed by atoms with E-state index in [2.05, 4.69) is 50.4 Å². The van der Waals surface area contributed by atoms with Crippen molar-refractivity contribution >= 4 is 11.9 Å². The molecule has 0 saturated heterocycles. The zero-order valence-electron chi connectivity index (χ0n) is 40.4. The number of hydrogen-bond acceptors (Lipinski definition) is 5. The van der Waals surface area contributed by atoms with Crippen molar-refractivity contribution in [1.29, 1.82) is 0 Å². The van der Waals surface area contributed by atoms with E-state index in [1.807, 2.05) is 0 Å². The average Bonchev–Trinajstić information content (AvgIpc) is 3.24. The Kier molecular flexibility index (Phi) is 47.0. The molecule has 0 radical (unpaired) electrons. The topological polar surface area (TPSA) is 95.9 Å². The van der Waals surface area contributed by atoms with Gasteiger partial charge < -0.3 is 20.3 Å². The quantitative estimate of drug-likeness (QED) is 0.0322. The third-order valence-electron chi connectivity index (χ3n) is 12.3. The molecule has 3 N–H and O–H groups in total. The van der Waals surface area contributed by atoms with Gasteiger partial charge >= 0.3 is 5.97 Å². The molecule has 0 aliphatic heterocycles. The Morgan fingerprint density at radius 1 is 0.483 bits per heavy atom. The SMILES string of the molecule is CCCCC/C=C\C/C=C\CCCCCCCCCCCC(=O)OC(CCCCCCCCCCCCC)CC(=O)NC(CO)C(O)CCCCCCCCCCCCC. The number of carbonyl (C=O) groups is 2. The molecule has 0 spiro atoms. The van der Waals surface area contributed by atoms with Gasteiger partial charge in [0.15, 0.2) is 0 Å². The van der Waals surface area contributed by atoms with Crippen LogP contribution >= 0.6 is 0 Å². The van der Waals surface area contributed by atoms with E-state index in [0.717, 1.165) is 51.4 Å². The van der Waals surface area contributed by atoms with Gasteiger partial charge in [-0.3, -0.25) is 9.59 Å². The number of ether oxygens (including phenoxy) is 1. The van der Waals surface area contributed by atoms with Gasteiger partial charge in [-0.1, -0.05) is 238 Å². The largest absolute Gasteiger partial charge is 0.462 e. The van der Waals surface area contributed by atoms with Crippen LogP contribution in [0.3, 0.4) is 0 Å². The fourth-order valence-corrected chi connectivity index (χ4v) is 8.23. The molecule has 0 aliphatic rings. The van der Waals surface area contributed by atoms with E-state index in [4.69, 9.17) is 4.74 Å². The van der Waals surface area contributed by atoms with Crippen molar-refractivity contribution < 1.29 is 24.5 Å². The molecule has 0 aromatic carbocycles. The summed E-state index contributed by atoms with van der Waals surface area (Å²) in [5.41, 5.74) is 0. The van der Waals surface area contributed by atoms with Crippen LogP contribution in [-0.4, -0.2) is 46.9 Å². The molecule has 6 nitrogen and oxygen atoms in total. The lowest BCUT2D eigenvalue weighted by atomic mass is 10.0. The summed E-state index contributed by atoms with van der Waals surface area (Å²) in [5.74, 6) is -0.464. The molecule has 0 aliphatic carbocycles. The number of aliphatic hydroxyl groups is 2. The smallest absolute Gasteiger partial charge is 0.306 e. The maximum Gasteiger partial charge on any atom is 0.306 e. The van der Waals surface area contributed by atoms with Gasteiger partial charge in [0.1, 0.15) is 6.10 Å². The normalized spacial score (nSPS) is 13.3. The van der Waals surface area contributed by atoms with E-state index in [-0.39, 0.29) is 24.9 Å². The number of nitrogens with one attached hydrogen (secondary N) is 1. The van der Waals surface area contributed by atoms with Crippen LogP contribution in [0.15, 0.2) is 24.3 Å². The van der Waals surface area contributed by atoms with Crippen molar-refractivity contribution in [2.45, 2.75) is 302 Å². The highest BCUT2D eigenvalue weighted by molar-refractivity contribution is 5.77. The van der Waals surface area contributed by atoms with Crippen LogP contribution in [0.4, 0.5) is 0 Å². The van der Waals surface area contributed by atoms with Crippen LogP contribution in [0, 0.1) is 0 Å². The molecule has 0 aromatic heterocycles. The van der Waals surface area contributed by atoms with Gasteiger partial charge in [-0.25, -0.2) is 0 Å². The second-order valence-electron chi connectivity index (χ2n) is 18.3. The lowest BCUT2D eigenvalue weighted by molar-refractivity contribution is -0.151. The highest BCUT2D eigenvalue weighted by Crippen LogP contribution is 2.18. The van der Waals surface area contributed by atoms with Gasteiger partial charge in [-0.05, 0) is 57.8 Å². The minimum atomic E-state index is -0.782. The summed E-state index contributed by atoms with van der Waals surface area (Å²) in [5, 5.41) is 23.7. The first-order valence-corrected chi connectivity index (χ1v) is 26.6. The lowest BCUT2D eigenvalue weighted by Gasteiger charge is -2.24. The molecular formula is C54H103NO5. The molecule has 0 fully saturated rings. The van der Waals surface area contributed by atoms with Gasteiger partial charge in [0.25, 0.3) is 0 Å². The highest BCUT2D eigenvalue weighted by Gasteiger charge is 2.24. The van der Waals surface area contributed by atoms with Crippen LogP contribution in [0.1, 0.15) is 284 Å². The fraction of sp³-hybridized carbons (Fsp3) is 0.889. The predicted molar refractivity (Wildman–Crippen MR) is 260 cm³/mol. The second kappa shape index (κ2) is 48.4. The standard InChI is InChI=1S/C54H103NO5/c1-4-7-10-13-16-19-22-23-24-25-26-27-28-29-32-35-38-41-44-47-54(59)60-50(45-42-39-36-33-30-20-17-14-11-8-5-2)48-53(58)55-51(49-56)52(57)46-43-40-37-34-31-21-18-15-12-9-6-3/h16,19,23-24,50-52,56-57H,4-15,17-18,20-22,25-49H2,1-3H3,(H,55,58)/b19-16-,24-23-. The summed E-state index contributed by atoms with van der Waals surface area (Å²) in [6.45, 7) is 6.47. The first kappa shape index (κ1) is 58.3. The van der Waals surface area contributed by atoms with Gasteiger partial charge in [-0.15, -0.1) is 0 Å². The van der Waals surface area contributed by atoms with Crippen molar-refractivity contribution in [1.82, 2.24) is 5.32 Å². The summed E-state index contributed by atoms with van der Waals surface area (Å²) < 4.78 is 5.94. The lowest BCUT2D eigenvalue weighted by Crippen LogP contribution is -2.46. The van der Waals surface area contributed by atoms with Gasteiger partial charge in [-0.2, -0.15) is 0 Å². The third kappa shape index (κ3) is 43.0. The summed E-state index contributed by atoms with van der Waals surface area (Å²) in [4.78, 5) is 26.1. The van der Waals surface area contributed by atoms with Crippen molar-refractivity contribution in [3.63, 3.8) is 0 Å². The van der Waals surface area contributed by atoms with Crippen LogP contribution in [0.25, 0.3) is 0 Å². The van der Waals surface area contributed by atoms with Gasteiger partial charge in [0, 0.05) is 6.42 Å². The molecule has 0 rings (SSSR count). The summed E-state index contributed by atoms with van der Waals surface area (Å²) in [7, 11) is 0. The van der Waals surface area contributed by atoms with E-state index < -0.39 is 18.2 Å². The first-order chi connectivity index (χ1) is 29.5. The third-order valence-corrected chi connectivity index (χ3v) is 12.3. The summed E-state index contributed by atoms with van der Waals surface area (Å²) >= 11 is 0. The van der Waals surface area contributed by atoms with E-state index in [1.54, 1.807) is 0 Å². The summed E-state index contributed by atoms with van der Waals surface area (Å²) in [6, 6.07) is -0.696. The maximum absolute atomic E-state index is 13.2. The number of rotatable bonds is 48. The zero-order chi connectivity index (χ0) is 43.8. The Balaban J connectivity index is 4.46. The van der Waals surface area contributed by atoms with Crippen molar-refractivity contribution in [3.8, 4) is 0 Å². The molecule has 1 amide bonds. The molecule has 0 saturated carbocycles. The molecule has 3 atom stereocenters. The number of allylic oxidation sites excluding steroid dienone is 4. The number of hydrogen-bond donors (Lipinski definition) is 3. The maximum atomic E-state index is 13.2. The van der Waals surface area contributed by atoms with E-state index in [1.165, 1.54) is 186 Å². The van der Waals surface area contributed by atoms with Crippen molar-refractivity contribution in [3.05, 3.63) is 24.3 Å².